The summed E-state index contributed by atoms with van der Waals surface area (Å²) in [4.78, 5) is 13.3. The van der Waals surface area contributed by atoms with Gasteiger partial charge in [-0.3, -0.25) is 4.90 Å². The Hall–Kier alpha value is -2.07. The van der Waals surface area contributed by atoms with Crippen LogP contribution >= 0.6 is 0 Å². The van der Waals surface area contributed by atoms with E-state index >= 15 is 0 Å². The zero-order valence-electron chi connectivity index (χ0n) is 11.8. The molecule has 4 nitrogen and oxygen atoms in total. The van der Waals surface area contributed by atoms with Crippen molar-refractivity contribution in [1.29, 1.82) is 0 Å². The normalized spacial score (nSPS) is 31.8. The molecule has 1 fully saturated rings. The van der Waals surface area contributed by atoms with Crippen LogP contribution in [0.4, 0.5) is 4.79 Å². The minimum absolute atomic E-state index is 0.0965. The molecule has 1 aromatic carbocycles. The minimum atomic E-state index is -0.337. The summed E-state index contributed by atoms with van der Waals surface area (Å²) in [6.45, 7) is 2.19. The first kappa shape index (κ1) is 12.7. The number of amides is 1. The first-order valence-electron chi connectivity index (χ1n) is 7.35. The van der Waals surface area contributed by atoms with E-state index in [0.29, 0.717) is 6.61 Å². The Kier molecular flexibility index (Phi) is 2.86. The first-order valence-corrected chi connectivity index (χ1v) is 7.35. The lowest BCUT2D eigenvalue weighted by molar-refractivity contribution is 0.0597. The third-order valence-electron chi connectivity index (χ3n) is 4.46. The monoisotopic (exact) mass is 283 g/mol. The van der Waals surface area contributed by atoms with E-state index in [1.807, 2.05) is 6.92 Å². The quantitative estimate of drug-likeness (QED) is 0.791. The predicted molar refractivity (Wildman–Crippen MR) is 77.1 cm³/mol. The van der Waals surface area contributed by atoms with E-state index in [-0.39, 0.29) is 30.1 Å². The molecule has 0 aliphatic carbocycles. The largest absolute Gasteiger partial charge is 0.449 e. The van der Waals surface area contributed by atoms with Crippen molar-refractivity contribution in [3.63, 3.8) is 0 Å². The molecule has 1 amide bonds. The Bertz CT molecular complexity index is 592. The Labute approximate surface area is 123 Å². The minimum Gasteiger partial charge on any atom is -0.449 e. The van der Waals surface area contributed by atoms with Crippen molar-refractivity contribution in [3.05, 3.63) is 59.9 Å². The van der Waals surface area contributed by atoms with Crippen molar-refractivity contribution in [2.45, 2.75) is 19.1 Å². The van der Waals surface area contributed by atoms with Gasteiger partial charge in [-0.25, -0.2) is 4.79 Å². The van der Waals surface area contributed by atoms with Gasteiger partial charge in [0, 0.05) is 24.2 Å². The van der Waals surface area contributed by atoms with Crippen LogP contribution in [0.5, 0.6) is 0 Å². The number of benzene rings is 1. The lowest BCUT2D eigenvalue weighted by Crippen LogP contribution is -2.20. The molecule has 3 aliphatic rings. The van der Waals surface area contributed by atoms with Crippen molar-refractivity contribution in [3.8, 4) is 0 Å². The standard InChI is InChI=1S/C17H17NO3/c1-2-20-17(19)18-9-7-13-14(8-10-18)16-12-6-4-3-5-11(12)15(13)21-16/h3-10,13-16H,2H2,1H3/t13-,14-,15-,16-/m0/s1. The van der Waals surface area contributed by atoms with E-state index in [1.165, 1.54) is 16.0 Å². The highest BCUT2D eigenvalue weighted by Gasteiger charge is 2.50. The maximum Gasteiger partial charge on any atom is 0.417 e. The van der Waals surface area contributed by atoms with E-state index in [9.17, 15) is 4.79 Å². The molecule has 1 aromatic rings. The van der Waals surface area contributed by atoms with Crippen LogP contribution in [0, 0.1) is 11.8 Å². The van der Waals surface area contributed by atoms with Crippen LogP contribution in [0.25, 0.3) is 0 Å². The molecule has 3 heterocycles. The lowest BCUT2D eigenvalue weighted by atomic mass is 9.76. The fraction of sp³-hybridized carbons (Fsp3) is 0.353. The van der Waals surface area contributed by atoms with Crippen molar-refractivity contribution < 1.29 is 14.3 Å². The molecule has 0 aromatic heterocycles. The molecule has 3 aliphatic heterocycles. The SMILES string of the molecule is CCOC(=O)N1C=C[C@H]2[C@H](C=C1)[C@H]1O[C@H]2c2ccccc21. The maximum atomic E-state index is 11.8. The summed E-state index contributed by atoms with van der Waals surface area (Å²) in [6.07, 6.45) is 7.59. The van der Waals surface area contributed by atoms with Crippen molar-refractivity contribution in [1.82, 2.24) is 4.90 Å². The average molecular weight is 283 g/mol. The number of carbonyl (C=O) groups excluding carboxylic acids is 1. The topological polar surface area (TPSA) is 38.8 Å². The third-order valence-corrected chi connectivity index (χ3v) is 4.46. The number of ether oxygens (including phenoxy) is 2. The number of fused-ring (bicyclic) bond motifs is 8. The molecule has 0 N–H and O–H groups in total. The smallest absolute Gasteiger partial charge is 0.417 e. The Balaban J connectivity index is 1.65. The second-order valence-corrected chi connectivity index (χ2v) is 5.55. The summed E-state index contributed by atoms with van der Waals surface area (Å²) < 4.78 is 11.2. The van der Waals surface area contributed by atoms with Crippen LogP contribution in [0.15, 0.2) is 48.8 Å². The summed E-state index contributed by atoms with van der Waals surface area (Å²) in [5.41, 5.74) is 2.57. The summed E-state index contributed by atoms with van der Waals surface area (Å²) >= 11 is 0. The van der Waals surface area contributed by atoms with Crippen LogP contribution < -0.4 is 0 Å². The van der Waals surface area contributed by atoms with Crippen LogP contribution in [-0.2, 0) is 9.47 Å². The fourth-order valence-corrected chi connectivity index (χ4v) is 3.55. The maximum absolute atomic E-state index is 11.8. The second kappa shape index (κ2) is 4.74. The number of rotatable bonds is 1. The summed E-state index contributed by atoms with van der Waals surface area (Å²) in [5, 5.41) is 0. The highest BCUT2D eigenvalue weighted by atomic mass is 16.6. The fourth-order valence-electron chi connectivity index (χ4n) is 3.55. The van der Waals surface area contributed by atoms with Gasteiger partial charge in [0.2, 0.25) is 0 Å². The molecule has 21 heavy (non-hydrogen) atoms. The summed E-state index contributed by atoms with van der Waals surface area (Å²) in [7, 11) is 0. The average Bonchev–Trinajstić information content (AvgIpc) is 2.96. The first-order chi connectivity index (χ1) is 10.3. The van der Waals surface area contributed by atoms with E-state index in [0.717, 1.165) is 0 Å². The van der Waals surface area contributed by atoms with Gasteiger partial charge in [0.15, 0.2) is 0 Å². The van der Waals surface area contributed by atoms with Gasteiger partial charge >= 0.3 is 6.09 Å². The highest BCUT2D eigenvalue weighted by molar-refractivity contribution is 5.70. The number of carbonyl (C=O) groups is 1. The second-order valence-electron chi connectivity index (χ2n) is 5.55. The van der Waals surface area contributed by atoms with Gasteiger partial charge in [0.25, 0.3) is 0 Å². The van der Waals surface area contributed by atoms with Gasteiger partial charge in [-0.1, -0.05) is 36.4 Å². The molecule has 2 bridgehead atoms. The zero-order chi connectivity index (χ0) is 14.4. The van der Waals surface area contributed by atoms with Gasteiger partial charge in [-0.05, 0) is 18.1 Å². The molecule has 0 unspecified atom stereocenters. The van der Waals surface area contributed by atoms with Gasteiger partial charge in [0.05, 0.1) is 18.8 Å². The van der Waals surface area contributed by atoms with Crippen LogP contribution in [-0.4, -0.2) is 17.6 Å². The van der Waals surface area contributed by atoms with Crippen LogP contribution in [0.3, 0.4) is 0 Å². The van der Waals surface area contributed by atoms with E-state index in [2.05, 4.69) is 36.4 Å². The van der Waals surface area contributed by atoms with Gasteiger partial charge < -0.3 is 9.47 Å². The molecule has 0 radical (unpaired) electrons. The molecule has 0 saturated carbocycles. The Morgan fingerprint density at radius 3 is 2.24 bits per heavy atom. The predicted octanol–water partition coefficient (Wildman–Crippen LogP) is 3.54. The molecule has 4 rings (SSSR count). The summed E-state index contributed by atoms with van der Waals surface area (Å²) in [5.74, 6) is 0.557. The van der Waals surface area contributed by atoms with Gasteiger partial charge in [0.1, 0.15) is 0 Å². The van der Waals surface area contributed by atoms with Crippen molar-refractivity contribution in [2.24, 2.45) is 11.8 Å². The van der Waals surface area contributed by atoms with Gasteiger partial charge in [-0.15, -0.1) is 0 Å². The molecule has 0 spiro atoms. The van der Waals surface area contributed by atoms with E-state index in [4.69, 9.17) is 9.47 Å². The lowest BCUT2D eigenvalue weighted by Gasteiger charge is -2.24. The van der Waals surface area contributed by atoms with Gasteiger partial charge in [-0.2, -0.15) is 0 Å². The molecule has 4 atom stereocenters. The van der Waals surface area contributed by atoms with Crippen LogP contribution in [0.2, 0.25) is 0 Å². The molecular weight excluding hydrogens is 266 g/mol. The van der Waals surface area contributed by atoms with Crippen molar-refractivity contribution in [2.75, 3.05) is 6.61 Å². The third kappa shape index (κ3) is 1.83. The molecule has 108 valence electrons. The molecule has 1 saturated heterocycles. The molecular formula is C17H17NO3. The number of hydrogen-bond acceptors (Lipinski definition) is 3. The summed E-state index contributed by atoms with van der Waals surface area (Å²) in [6, 6.07) is 8.39. The van der Waals surface area contributed by atoms with E-state index in [1.54, 1.807) is 12.4 Å². The number of hydrogen-bond donors (Lipinski definition) is 0. The van der Waals surface area contributed by atoms with Crippen LogP contribution in [0.1, 0.15) is 30.3 Å². The Morgan fingerprint density at radius 2 is 1.71 bits per heavy atom. The highest BCUT2D eigenvalue weighted by Crippen LogP contribution is 2.58. The van der Waals surface area contributed by atoms with Crippen molar-refractivity contribution >= 4 is 6.09 Å². The van der Waals surface area contributed by atoms with E-state index < -0.39 is 0 Å². The Morgan fingerprint density at radius 1 is 1.14 bits per heavy atom. The molecule has 4 heteroatoms. The zero-order valence-corrected chi connectivity index (χ0v) is 11.8. The number of nitrogens with zero attached hydrogens (tertiary/aromatic N) is 1.